The molecule has 1 saturated heterocycles. The molecule has 0 spiro atoms. The predicted molar refractivity (Wildman–Crippen MR) is 77.9 cm³/mol. The smallest absolute Gasteiger partial charge is 0.119 e. The summed E-state index contributed by atoms with van der Waals surface area (Å²) in [7, 11) is 0. The quantitative estimate of drug-likeness (QED) is 0.871. The van der Waals surface area contributed by atoms with E-state index in [2.05, 4.69) is 36.2 Å². The van der Waals surface area contributed by atoms with Crippen molar-refractivity contribution in [2.24, 2.45) is 0 Å². The van der Waals surface area contributed by atoms with Crippen LogP contribution in [0.2, 0.25) is 0 Å². The fourth-order valence-electron chi connectivity index (χ4n) is 2.43. The Morgan fingerprint density at radius 3 is 2.68 bits per heavy atom. The van der Waals surface area contributed by atoms with Gasteiger partial charge in [0.05, 0.1) is 12.7 Å². The van der Waals surface area contributed by atoms with Gasteiger partial charge in [-0.15, -0.1) is 0 Å². The van der Waals surface area contributed by atoms with Crippen LogP contribution in [-0.2, 0) is 0 Å². The summed E-state index contributed by atoms with van der Waals surface area (Å²) in [5.74, 6) is 0.888. The van der Waals surface area contributed by atoms with Crippen LogP contribution >= 0.6 is 0 Å². The monoisotopic (exact) mass is 264 g/mol. The van der Waals surface area contributed by atoms with Gasteiger partial charge in [0.15, 0.2) is 0 Å². The van der Waals surface area contributed by atoms with Gasteiger partial charge in [0.2, 0.25) is 0 Å². The first-order chi connectivity index (χ1) is 9.00. The van der Waals surface area contributed by atoms with Crippen LogP contribution in [0.3, 0.4) is 0 Å². The lowest BCUT2D eigenvalue weighted by molar-refractivity contribution is 0.179. The number of nitrogens with one attached hydrogen (secondary N) is 1. The molecule has 2 N–H and O–H groups in total. The highest BCUT2D eigenvalue weighted by Crippen LogP contribution is 2.23. The standard InChI is InChI=1S/C15H24N2O2/c1-4-19-14-7-5-12(6-8-14)17-10-13(18)9-16-15(2,3)11-17/h5-8,13,16,18H,4,9-11H2,1-3H3. The van der Waals surface area contributed by atoms with Crippen LogP contribution in [0.25, 0.3) is 0 Å². The van der Waals surface area contributed by atoms with Gasteiger partial charge in [-0.3, -0.25) is 0 Å². The third-order valence-electron chi connectivity index (χ3n) is 3.35. The maximum atomic E-state index is 9.96. The molecule has 0 aliphatic carbocycles. The molecule has 0 amide bonds. The van der Waals surface area contributed by atoms with Gasteiger partial charge in [-0.05, 0) is 45.0 Å². The van der Waals surface area contributed by atoms with Crippen LogP contribution < -0.4 is 15.0 Å². The van der Waals surface area contributed by atoms with Crippen molar-refractivity contribution < 1.29 is 9.84 Å². The highest BCUT2D eigenvalue weighted by molar-refractivity contribution is 5.50. The maximum Gasteiger partial charge on any atom is 0.119 e. The number of ether oxygens (including phenoxy) is 1. The zero-order valence-corrected chi connectivity index (χ0v) is 12.0. The first kappa shape index (κ1) is 14.2. The van der Waals surface area contributed by atoms with E-state index in [1.54, 1.807) is 0 Å². The van der Waals surface area contributed by atoms with Crippen molar-refractivity contribution in [3.63, 3.8) is 0 Å². The minimum atomic E-state index is -0.339. The lowest BCUT2D eigenvalue weighted by atomic mass is 10.1. The fraction of sp³-hybridized carbons (Fsp3) is 0.600. The number of nitrogens with zero attached hydrogens (tertiary/aromatic N) is 1. The maximum absolute atomic E-state index is 9.96. The van der Waals surface area contributed by atoms with Crippen LogP contribution in [0.1, 0.15) is 20.8 Å². The van der Waals surface area contributed by atoms with Crippen LogP contribution in [0.4, 0.5) is 5.69 Å². The summed E-state index contributed by atoms with van der Waals surface area (Å²) in [6, 6.07) is 8.07. The number of anilines is 1. The molecular formula is C15H24N2O2. The van der Waals surface area contributed by atoms with E-state index in [0.717, 1.165) is 18.0 Å². The molecule has 0 bridgehead atoms. The highest BCUT2D eigenvalue weighted by Gasteiger charge is 2.27. The molecule has 4 nitrogen and oxygen atoms in total. The minimum absolute atomic E-state index is 0.00390. The van der Waals surface area contributed by atoms with Crippen molar-refractivity contribution in [2.45, 2.75) is 32.4 Å². The summed E-state index contributed by atoms with van der Waals surface area (Å²) in [4.78, 5) is 2.22. The van der Waals surface area contributed by atoms with Gasteiger partial charge in [-0.2, -0.15) is 0 Å². The molecule has 0 aromatic heterocycles. The largest absolute Gasteiger partial charge is 0.494 e. The molecule has 4 heteroatoms. The zero-order chi connectivity index (χ0) is 13.9. The topological polar surface area (TPSA) is 44.7 Å². The van der Waals surface area contributed by atoms with E-state index in [-0.39, 0.29) is 11.6 Å². The van der Waals surface area contributed by atoms with E-state index >= 15 is 0 Å². The Hall–Kier alpha value is -1.26. The molecule has 1 aromatic carbocycles. The minimum Gasteiger partial charge on any atom is -0.494 e. The molecule has 106 valence electrons. The number of hydrogen-bond donors (Lipinski definition) is 2. The molecule has 1 unspecified atom stereocenters. The fourth-order valence-corrected chi connectivity index (χ4v) is 2.43. The Morgan fingerprint density at radius 1 is 1.37 bits per heavy atom. The van der Waals surface area contributed by atoms with E-state index in [1.807, 2.05) is 19.1 Å². The van der Waals surface area contributed by atoms with Gasteiger partial charge >= 0.3 is 0 Å². The first-order valence-electron chi connectivity index (χ1n) is 6.91. The normalized spacial score (nSPS) is 22.9. The molecule has 1 heterocycles. The van der Waals surface area contributed by atoms with Crippen LogP contribution in [-0.4, -0.2) is 43.0 Å². The number of β-amino-alcohol motifs (C(OH)–C–C–N with tert-alkyl or cyclic N) is 1. The van der Waals surface area contributed by atoms with E-state index in [9.17, 15) is 5.11 Å². The van der Waals surface area contributed by atoms with Gasteiger partial charge in [0.1, 0.15) is 5.75 Å². The Labute approximate surface area is 115 Å². The second kappa shape index (κ2) is 5.80. The molecule has 0 saturated carbocycles. The van der Waals surface area contributed by atoms with Crippen LogP contribution in [0.5, 0.6) is 5.75 Å². The molecule has 1 fully saturated rings. The molecule has 1 aliphatic heterocycles. The second-order valence-electron chi connectivity index (χ2n) is 5.73. The molecule has 1 aliphatic rings. The second-order valence-corrected chi connectivity index (χ2v) is 5.73. The van der Waals surface area contributed by atoms with Gasteiger partial charge in [0, 0.05) is 30.9 Å². The van der Waals surface area contributed by atoms with Gasteiger partial charge in [0.25, 0.3) is 0 Å². The van der Waals surface area contributed by atoms with Crippen LogP contribution in [0, 0.1) is 0 Å². The number of aliphatic hydroxyl groups excluding tert-OH is 1. The van der Waals surface area contributed by atoms with Crippen molar-refractivity contribution in [3.05, 3.63) is 24.3 Å². The summed E-state index contributed by atoms with van der Waals surface area (Å²) in [5, 5.41) is 13.3. The molecular weight excluding hydrogens is 240 g/mol. The Kier molecular flexibility index (Phi) is 4.32. The molecule has 0 radical (unpaired) electrons. The average molecular weight is 264 g/mol. The van der Waals surface area contributed by atoms with Crippen molar-refractivity contribution in [2.75, 3.05) is 31.1 Å². The number of aliphatic hydroxyl groups is 1. The molecule has 2 rings (SSSR count). The van der Waals surface area contributed by atoms with Crippen molar-refractivity contribution in [1.29, 1.82) is 0 Å². The molecule has 1 aromatic rings. The first-order valence-corrected chi connectivity index (χ1v) is 6.91. The summed E-state index contributed by atoms with van der Waals surface area (Å²) in [6.07, 6.45) is -0.339. The summed E-state index contributed by atoms with van der Waals surface area (Å²) in [5.41, 5.74) is 1.12. The average Bonchev–Trinajstić information content (AvgIpc) is 2.50. The third kappa shape index (κ3) is 3.85. The Bertz CT molecular complexity index is 403. The Balaban J connectivity index is 2.14. The lowest BCUT2D eigenvalue weighted by Gasteiger charge is -2.31. The van der Waals surface area contributed by atoms with E-state index < -0.39 is 0 Å². The predicted octanol–water partition coefficient (Wildman–Crippen LogP) is 1.63. The number of rotatable bonds is 3. The van der Waals surface area contributed by atoms with Gasteiger partial charge in [-0.25, -0.2) is 0 Å². The number of hydrogen-bond acceptors (Lipinski definition) is 4. The van der Waals surface area contributed by atoms with E-state index in [0.29, 0.717) is 19.7 Å². The third-order valence-corrected chi connectivity index (χ3v) is 3.35. The van der Waals surface area contributed by atoms with E-state index in [4.69, 9.17) is 4.74 Å². The van der Waals surface area contributed by atoms with Crippen molar-refractivity contribution in [1.82, 2.24) is 5.32 Å². The molecule has 19 heavy (non-hydrogen) atoms. The SMILES string of the molecule is CCOc1ccc(N2CC(O)CNC(C)(C)C2)cc1. The van der Waals surface area contributed by atoms with Crippen LogP contribution in [0.15, 0.2) is 24.3 Å². The lowest BCUT2D eigenvalue weighted by Crippen LogP contribution is -2.46. The summed E-state index contributed by atoms with van der Waals surface area (Å²) in [6.45, 7) is 9.15. The zero-order valence-electron chi connectivity index (χ0n) is 12.0. The Morgan fingerprint density at radius 2 is 2.05 bits per heavy atom. The molecule has 1 atom stereocenters. The van der Waals surface area contributed by atoms with Crippen molar-refractivity contribution >= 4 is 5.69 Å². The van der Waals surface area contributed by atoms with Crippen molar-refractivity contribution in [3.8, 4) is 5.75 Å². The van der Waals surface area contributed by atoms with Gasteiger partial charge in [-0.1, -0.05) is 0 Å². The van der Waals surface area contributed by atoms with Gasteiger partial charge < -0.3 is 20.1 Å². The summed E-state index contributed by atoms with van der Waals surface area (Å²) >= 11 is 0. The number of benzene rings is 1. The highest BCUT2D eigenvalue weighted by atomic mass is 16.5. The van der Waals surface area contributed by atoms with E-state index in [1.165, 1.54) is 0 Å². The summed E-state index contributed by atoms with van der Waals surface area (Å²) < 4.78 is 5.45.